The van der Waals surface area contributed by atoms with Gasteiger partial charge in [0.25, 0.3) is 0 Å². The van der Waals surface area contributed by atoms with E-state index < -0.39 is 0 Å². The lowest BCUT2D eigenvalue weighted by Gasteiger charge is -2.06. The Labute approximate surface area is 92.1 Å². The number of aromatic nitrogens is 2. The van der Waals surface area contributed by atoms with E-state index in [-0.39, 0.29) is 0 Å². The first-order valence-electron chi connectivity index (χ1n) is 4.35. The lowest BCUT2D eigenvalue weighted by molar-refractivity contribution is 1.28. The zero-order valence-electron chi connectivity index (χ0n) is 7.81. The fourth-order valence-corrected chi connectivity index (χ4v) is 1.22. The Kier molecular flexibility index (Phi) is 2.69. The van der Waals surface area contributed by atoms with Crippen LogP contribution in [0.1, 0.15) is 0 Å². The molecule has 3 N–H and O–H groups in total. The molecule has 2 rings (SSSR count). The molecule has 0 aliphatic carbocycles. The molecule has 0 fully saturated rings. The summed E-state index contributed by atoms with van der Waals surface area (Å²) in [6.45, 7) is 0. The van der Waals surface area contributed by atoms with Gasteiger partial charge < -0.3 is 11.1 Å². The van der Waals surface area contributed by atoms with Crippen molar-refractivity contribution in [1.82, 2.24) is 9.97 Å². The number of anilines is 3. The first-order valence-corrected chi connectivity index (χ1v) is 4.72. The van der Waals surface area contributed by atoms with E-state index >= 15 is 0 Å². The molecule has 0 radical (unpaired) electrons. The summed E-state index contributed by atoms with van der Waals surface area (Å²) >= 11 is 5.67. The van der Waals surface area contributed by atoms with Crippen molar-refractivity contribution in [1.29, 1.82) is 0 Å². The first-order chi connectivity index (χ1) is 7.25. The van der Waals surface area contributed by atoms with Crippen molar-refractivity contribution >= 4 is 28.8 Å². The SMILES string of the molecule is Nc1cccnc1Nc1ccc(Cl)nc1. The highest BCUT2D eigenvalue weighted by molar-refractivity contribution is 6.29. The molecule has 0 spiro atoms. The Bertz CT molecular complexity index is 455. The average Bonchev–Trinajstić information content (AvgIpc) is 2.25. The molecule has 0 bridgehead atoms. The Morgan fingerprint density at radius 3 is 2.73 bits per heavy atom. The number of nitrogen functional groups attached to an aromatic ring is 1. The van der Waals surface area contributed by atoms with Crippen LogP contribution in [-0.4, -0.2) is 9.97 Å². The molecular formula is C10H9ClN4. The minimum atomic E-state index is 0.453. The molecule has 0 amide bonds. The summed E-state index contributed by atoms with van der Waals surface area (Å²) in [6.07, 6.45) is 3.29. The second kappa shape index (κ2) is 4.14. The lowest BCUT2D eigenvalue weighted by atomic mass is 10.3. The molecule has 76 valence electrons. The molecule has 0 saturated carbocycles. The number of rotatable bonds is 2. The molecule has 0 unspecified atom stereocenters. The van der Waals surface area contributed by atoms with Crippen LogP contribution in [0.3, 0.4) is 0 Å². The van der Waals surface area contributed by atoms with Gasteiger partial charge in [-0.3, -0.25) is 0 Å². The van der Waals surface area contributed by atoms with Gasteiger partial charge in [-0.2, -0.15) is 0 Å². The van der Waals surface area contributed by atoms with E-state index in [0.717, 1.165) is 5.69 Å². The van der Waals surface area contributed by atoms with Crippen LogP contribution < -0.4 is 11.1 Å². The number of hydrogen-bond acceptors (Lipinski definition) is 4. The van der Waals surface area contributed by atoms with Crippen molar-refractivity contribution in [2.24, 2.45) is 0 Å². The molecule has 5 heteroatoms. The highest BCUT2D eigenvalue weighted by Gasteiger charge is 1.99. The summed E-state index contributed by atoms with van der Waals surface area (Å²) in [5, 5.41) is 3.50. The Morgan fingerprint density at radius 2 is 2.07 bits per heavy atom. The smallest absolute Gasteiger partial charge is 0.153 e. The van der Waals surface area contributed by atoms with E-state index in [9.17, 15) is 0 Å². The maximum absolute atomic E-state index is 5.73. The third-order valence-corrected chi connectivity index (χ3v) is 2.05. The van der Waals surface area contributed by atoms with E-state index in [0.29, 0.717) is 16.7 Å². The predicted molar refractivity (Wildman–Crippen MR) is 61.2 cm³/mol. The van der Waals surface area contributed by atoms with Crippen molar-refractivity contribution in [3.05, 3.63) is 41.8 Å². The summed E-state index contributed by atoms with van der Waals surface area (Å²) in [5.41, 5.74) is 7.11. The molecule has 0 aromatic carbocycles. The molecule has 0 aliphatic heterocycles. The third kappa shape index (κ3) is 2.35. The van der Waals surface area contributed by atoms with Crippen LogP contribution in [0, 0.1) is 0 Å². The van der Waals surface area contributed by atoms with Crippen LogP contribution in [0.25, 0.3) is 0 Å². The first kappa shape index (κ1) is 9.73. The Hall–Kier alpha value is -1.81. The van der Waals surface area contributed by atoms with Gasteiger partial charge in [0, 0.05) is 6.20 Å². The van der Waals surface area contributed by atoms with Gasteiger partial charge >= 0.3 is 0 Å². The van der Waals surface area contributed by atoms with Gasteiger partial charge in [-0.25, -0.2) is 9.97 Å². The van der Waals surface area contributed by atoms with Crippen LogP contribution in [0.5, 0.6) is 0 Å². The minimum Gasteiger partial charge on any atom is -0.396 e. The van der Waals surface area contributed by atoms with Gasteiger partial charge in [-0.05, 0) is 24.3 Å². The van der Waals surface area contributed by atoms with Crippen molar-refractivity contribution in [2.75, 3.05) is 11.1 Å². The van der Waals surface area contributed by atoms with Crippen LogP contribution in [0.15, 0.2) is 36.7 Å². The number of nitrogens with two attached hydrogens (primary N) is 1. The number of nitrogens with one attached hydrogen (secondary N) is 1. The van der Waals surface area contributed by atoms with Crippen LogP contribution in [0.4, 0.5) is 17.2 Å². The van der Waals surface area contributed by atoms with Crippen molar-refractivity contribution in [2.45, 2.75) is 0 Å². The van der Waals surface area contributed by atoms with E-state index in [4.69, 9.17) is 17.3 Å². The Morgan fingerprint density at radius 1 is 1.20 bits per heavy atom. The molecule has 2 heterocycles. The second-order valence-corrected chi connectivity index (χ2v) is 3.32. The molecule has 15 heavy (non-hydrogen) atoms. The second-order valence-electron chi connectivity index (χ2n) is 2.94. The summed E-state index contributed by atoms with van der Waals surface area (Å²) in [4.78, 5) is 8.04. The maximum atomic E-state index is 5.73. The molecule has 0 atom stereocenters. The molecule has 2 aromatic heterocycles. The number of hydrogen-bond donors (Lipinski definition) is 2. The van der Waals surface area contributed by atoms with Gasteiger partial charge in [0.05, 0.1) is 17.6 Å². The van der Waals surface area contributed by atoms with Gasteiger partial charge in [-0.15, -0.1) is 0 Å². The zero-order valence-corrected chi connectivity index (χ0v) is 8.57. The largest absolute Gasteiger partial charge is 0.396 e. The van der Waals surface area contributed by atoms with E-state index in [1.165, 1.54) is 0 Å². The number of halogens is 1. The van der Waals surface area contributed by atoms with Crippen molar-refractivity contribution in [3.8, 4) is 0 Å². The predicted octanol–water partition coefficient (Wildman–Crippen LogP) is 2.46. The summed E-state index contributed by atoms with van der Waals surface area (Å²) in [5.74, 6) is 0.613. The maximum Gasteiger partial charge on any atom is 0.153 e. The summed E-state index contributed by atoms with van der Waals surface area (Å²) < 4.78 is 0. The highest BCUT2D eigenvalue weighted by atomic mass is 35.5. The quantitative estimate of drug-likeness (QED) is 0.764. The fourth-order valence-electron chi connectivity index (χ4n) is 1.11. The van der Waals surface area contributed by atoms with E-state index in [2.05, 4.69) is 15.3 Å². The summed E-state index contributed by atoms with van der Waals surface area (Å²) in [6, 6.07) is 7.06. The Balaban J connectivity index is 2.22. The molecule has 0 aliphatic rings. The number of pyridine rings is 2. The highest BCUT2D eigenvalue weighted by Crippen LogP contribution is 2.19. The zero-order chi connectivity index (χ0) is 10.7. The molecule has 4 nitrogen and oxygen atoms in total. The fraction of sp³-hybridized carbons (Fsp3) is 0. The molecule has 0 saturated heterocycles. The average molecular weight is 221 g/mol. The topological polar surface area (TPSA) is 63.8 Å². The van der Waals surface area contributed by atoms with E-state index in [1.807, 2.05) is 6.07 Å². The lowest BCUT2D eigenvalue weighted by Crippen LogP contribution is -1.98. The van der Waals surface area contributed by atoms with Gasteiger partial charge in [-0.1, -0.05) is 11.6 Å². The van der Waals surface area contributed by atoms with E-state index in [1.54, 1.807) is 30.6 Å². The van der Waals surface area contributed by atoms with Crippen LogP contribution in [-0.2, 0) is 0 Å². The number of nitrogens with zero attached hydrogens (tertiary/aromatic N) is 2. The molecular weight excluding hydrogens is 212 g/mol. The van der Waals surface area contributed by atoms with Gasteiger partial charge in [0.2, 0.25) is 0 Å². The summed E-state index contributed by atoms with van der Waals surface area (Å²) in [7, 11) is 0. The standard InChI is InChI=1S/C10H9ClN4/c11-9-4-3-7(6-14-9)15-10-8(12)2-1-5-13-10/h1-6H,12H2,(H,13,15). The van der Waals surface area contributed by atoms with Crippen LogP contribution in [0.2, 0.25) is 5.15 Å². The third-order valence-electron chi connectivity index (χ3n) is 1.83. The van der Waals surface area contributed by atoms with Crippen LogP contribution >= 0.6 is 11.6 Å². The van der Waals surface area contributed by atoms with Gasteiger partial charge in [0.15, 0.2) is 5.82 Å². The minimum absolute atomic E-state index is 0.453. The normalized spacial score (nSPS) is 9.93. The monoisotopic (exact) mass is 220 g/mol. The van der Waals surface area contributed by atoms with Crippen molar-refractivity contribution < 1.29 is 0 Å². The van der Waals surface area contributed by atoms with Gasteiger partial charge in [0.1, 0.15) is 5.15 Å². The van der Waals surface area contributed by atoms with Crippen molar-refractivity contribution in [3.63, 3.8) is 0 Å². The molecule has 2 aromatic rings.